The van der Waals surface area contributed by atoms with Crippen LogP contribution in [0.3, 0.4) is 0 Å². The summed E-state index contributed by atoms with van der Waals surface area (Å²) in [5.41, 5.74) is 0.242. The van der Waals surface area contributed by atoms with Crippen molar-refractivity contribution in [3.63, 3.8) is 0 Å². The molecule has 6 nitrogen and oxygen atoms in total. The van der Waals surface area contributed by atoms with E-state index in [0.29, 0.717) is 19.7 Å². The standard InChI is InChI=1S/C22H27NO5/c1-15(2)26-12-6-11-23-14-22-10-9-17(28-22)18(19(22)20(23)24)21(25)27-13-16-7-4-3-5-8-16/h3-5,7-10,15,17-19H,6,11-14H2,1-2H3/t17-,18+,19-,22-/m1/s1. The van der Waals surface area contributed by atoms with Gasteiger partial charge in [0.2, 0.25) is 5.91 Å². The van der Waals surface area contributed by atoms with Crippen LogP contribution in [0.25, 0.3) is 0 Å². The van der Waals surface area contributed by atoms with Crippen molar-refractivity contribution in [2.24, 2.45) is 11.8 Å². The molecule has 0 aliphatic carbocycles. The Labute approximate surface area is 165 Å². The van der Waals surface area contributed by atoms with Crippen molar-refractivity contribution in [3.8, 4) is 0 Å². The molecular weight excluding hydrogens is 358 g/mol. The number of carbonyl (C=O) groups excluding carboxylic acids is 2. The van der Waals surface area contributed by atoms with Gasteiger partial charge in [-0.1, -0.05) is 42.5 Å². The highest BCUT2D eigenvalue weighted by Gasteiger charge is 2.67. The summed E-state index contributed by atoms with van der Waals surface area (Å²) in [4.78, 5) is 27.7. The number of benzene rings is 1. The predicted molar refractivity (Wildman–Crippen MR) is 102 cm³/mol. The fraction of sp³-hybridized carbons (Fsp3) is 0.545. The zero-order chi connectivity index (χ0) is 19.7. The van der Waals surface area contributed by atoms with Crippen LogP contribution in [0.4, 0.5) is 0 Å². The van der Waals surface area contributed by atoms with Crippen molar-refractivity contribution in [1.29, 1.82) is 0 Å². The van der Waals surface area contributed by atoms with Crippen LogP contribution >= 0.6 is 0 Å². The molecule has 2 saturated heterocycles. The van der Waals surface area contributed by atoms with E-state index in [0.717, 1.165) is 12.0 Å². The molecule has 4 rings (SSSR count). The fourth-order valence-corrected chi connectivity index (χ4v) is 4.44. The number of hydrogen-bond donors (Lipinski definition) is 0. The van der Waals surface area contributed by atoms with Gasteiger partial charge in [-0.2, -0.15) is 0 Å². The summed E-state index contributed by atoms with van der Waals surface area (Å²) in [6.07, 6.45) is 4.44. The summed E-state index contributed by atoms with van der Waals surface area (Å²) in [6, 6.07) is 9.55. The van der Waals surface area contributed by atoms with Crippen LogP contribution in [0.2, 0.25) is 0 Å². The minimum atomic E-state index is -0.683. The number of likely N-dealkylation sites (tertiary alicyclic amines) is 1. The van der Waals surface area contributed by atoms with Crippen molar-refractivity contribution in [2.75, 3.05) is 19.7 Å². The van der Waals surface area contributed by atoms with Gasteiger partial charge in [-0.25, -0.2) is 0 Å². The second-order valence-corrected chi connectivity index (χ2v) is 8.03. The first kappa shape index (κ1) is 19.2. The molecule has 0 N–H and O–H groups in total. The number of esters is 1. The van der Waals surface area contributed by atoms with E-state index in [4.69, 9.17) is 14.2 Å². The second-order valence-electron chi connectivity index (χ2n) is 8.03. The highest BCUT2D eigenvalue weighted by atomic mass is 16.6. The Balaban J connectivity index is 1.39. The van der Waals surface area contributed by atoms with Crippen molar-refractivity contribution < 1.29 is 23.8 Å². The smallest absolute Gasteiger partial charge is 0.313 e. The van der Waals surface area contributed by atoms with Crippen molar-refractivity contribution in [3.05, 3.63) is 48.0 Å². The van der Waals surface area contributed by atoms with Gasteiger partial charge in [-0.15, -0.1) is 0 Å². The largest absolute Gasteiger partial charge is 0.460 e. The molecule has 1 amide bonds. The van der Waals surface area contributed by atoms with Gasteiger partial charge in [0.1, 0.15) is 18.1 Å². The Kier molecular flexibility index (Phi) is 5.25. The molecule has 3 aliphatic heterocycles. The first-order valence-electron chi connectivity index (χ1n) is 9.98. The van der Waals surface area contributed by atoms with E-state index in [9.17, 15) is 9.59 Å². The Hall–Kier alpha value is -2.18. The molecule has 28 heavy (non-hydrogen) atoms. The average molecular weight is 385 g/mol. The van der Waals surface area contributed by atoms with Crippen LogP contribution in [0.1, 0.15) is 25.8 Å². The highest BCUT2D eigenvalue weighted by Crippen LogP contribution is 2.52. The molecule has 1 spiro atoms. The summed E-state index contributed by atoms with van der Waals surface area (Å²) in [5, 5.41) is 0. The first-order valence-corrected chi connectivity index (χ1v) is 9.98. The van der Waals surface area contributed by atoms with E-state index in [-0.39, 0.29) is 30.7 Å². The maximum atomic E-state index is 13.1. The highest BCUT2D eigenvalue weighted by molar-refractivity contribution is 5.91. The molecule has 150 valence electrons. The Morgan fingerprint density at radius 1 is 1.32 bits per heavy atom. The van der Waals surface area contributed by atoms with Crippen LogP contribution in [-0.4, -0.2) is 54.3 Å². The van der Waals surface area contributed by atoms with Crippen LogP contribution < -0.4 is 0 Å². The molecule has 0 saturated carbocycles. The lowest BCUT2D eigenvalue weighted by Gasteiger charge is -2.22. The summed E-state index contributed by atoms with van der Waals surface area (Å²) in [5.74, 6) is -1.43. The van der Waals surface area contributed by atoms with E-state index >= 15 is 0 Å². The lowest BCUT2D eigenvalue weighted by atomic mass is 9.77. The first-order chi connectivity index (χ1) is 13.5. The molecule has 3 heterocycles. The van der Waals surface area contributed by atoms with Crippen molar-refractivity contribution in [2.45, 2.75) is 44.7 Å². The maximum Gasteiger partial charge on any atom is 0.313 e. The van der Waals surface area contributed by atoms with Gasteiger partial charge < -0.3 is 19.1 Å². The maximum absolute atomic E-state index is 13.1. The monoisotopic (exact) mass is 385 g/mol. The number of carbonyl (C=O) groups is 2. The molecule has 2 fully saturated rings. The molecule has 0 unspecified atom stereocenters. The van der Waals surface area contributed by atoms with E-state index in [2.05, 4.69) is 0 Å². The number of amides is 1. The normalized spacial score (nSPS) is 30.3. The number of hydrogen-bond acceptors (Lipinski definition) is 5. The Morgan fingerprint density at radius 2 is 2.11 bits per heavy atom. The minimum absolute atomic E-state index is 0.0157. The van der Waals surface area contributed by atoms with Gasteiger partial charge in [0.05, 0.1) is 24.7 Å². The number of nitrogens with zero attached hydrogens (tertiary/aromatic N) is 1. The van der Waals surface area contributed by atoms with Gasteiger partial charge in [0, 0.05) is 13.2 Å². The average Bonchev–Trinajstić information content (AvgIpc) is 3.32. The lowest BCUT2D eigenvalue weighted by molar-refractivity contribution is -0.155. The molecular formula is C22H27NO5. The molecule has 1 aromatic carbocycles. The lowest BCUT2D eigenvalue weighted by Crippen LogP contribution is -2.40. The van der Waals surface area contributed by atoms with Crippen LogP contribution in [0, 0.1) is 11.8 Å². The van der Waals surface area contributed by atoms with Crippen LogP contribution in [-0.2, 0) is 30.4 Å². The van der Waals surface area contributed by atoms with Crippen molar-refractivity contribution in [1.82, 2.24) is 4.90 Å². The van der Waals surface area contributed by atoms with E-state index in [1.165, 1.54) is 0 Å². The van der Waals surface area contributed by atoms with Crippen LogP contribution in [0.5, 0.6) is 0 Å². The molecule has 2 bridgehead atoms. The Bertz CT molecular complexity index is 761. The van der Waals surface area contributed by atoms with E-state index in [1.807, 2.05) is 56.3 Å². The number of fused-ring (bicyclic) bond motifs is 1. The van der Waals surface area contributed by atoms with Gasteiger partial charge >= 0.3 is 5.97 Å². The fourth-order valence-electron chi connectivity index (χ4n) is 4.44. The van der Waals surface area contributed by atoms with E-state index < -0.39 is 17.4 Å². The third-order valence-corrected chi connectivity index (χ3v) is 5.70. The SMILES string of the molecule is CC(C)OCCCN1C[C@@]23C=C[C@@H](O2)[C@H](C(=O)OCc2ccccc2)[C@@H]3C1=O. The minimum Gasteiger partial charge on any atom is -0.460 e. The number of rotatable bonds is 8. The van der Waals surface area contributed by atoms with Gasteiger partial charge in [0.25, 0.3) is 0 Å². The number of ether oxygens (including phenoxy) is 3. The topological polar surface area (TPSA) is 65.1 Å². The summed E-state index contributed by atoms with van der Waals surface area (Å²) in [7, 11) is 0. The zero-order valence-corrected chi connectivity index (χ0v) is 16.4. The van der Waals surface area contributed by atoms with Gasteiger partial charge in [-0.05, 0) is 25.8 Å². The second kappa shape index (κ2) is 7.68. The predicted octanol–water partition coefficient (Wildman–Crippen LogP) is 2.33. The Morgan fingerprint density at radius 3 is 2.86 bits per heavy atom. The molecule has 6 heteroatoms. The van der Waals surface area contributed by atoms with Crippen LogP contribution in [0.15, 0.2) is 42.5 Å². The summed E-state index contributed by atoms with van der Waals surface area (Å²) < 4.78 is 17.2. The van der Waals surface area contributed by atoms with Gasteiger partial charge in [-0.3, -0.25) is 9.59 Å². The quantitative estimate of drug-likeness (QED) is 0.390. The van der Waals surface area contributed by atoms with Gasteiger partial charge in [0.15, 0.2) is 0 Å². The molecule has 0 radical (unpaired) electrons. The van der Waals surface area contributed by atoms with Crippen molar-refractivity contribution >= 4 is 11.9 Å². The third kappa shape index (κ3) is 3.47. The molecule has 0 aromatic heterocycles. The molecule has 1 aromatic rings. The molecule has 4 atom stereocenters. The third-order valence-electron chi connectivity index (χ3n) is 5.70. The zero-order valence-electron chi connectivity index (χ0n) is 16.4. The summed E-state index contributed by atoms with van der Waals surface area (Å²) >= 11 is 0. The summed E-state index contributed by atoms with van der Waals surface area (Å²) in [6.45, 7) is 5.91. The van der Waals surface area contributed by atoms with E-state index in [1.54, 1.807) is 4.90 Å². The molecule has 3 aliphatic rings.